The molecular formula is C17H25FN2. The molecule has 0 fully saturated rings. The molecule has 2 nitrogen and oxygen atoms in total. The number of hydrogen-bond acceptors (Lipinski definition) is 2. The van der Waals surface area contributed by atoms with Crippen molar-refractivity contribution in [2.75, 3.05) is 13.1 Å². The van der Waals surface area contributed by atoms with E-state index in [1.807, 2.05) is 12.1 Å². The zero-order valence-corrected chi connectivity index (χ0v) is 12.7. The highest BCUT2D eigenvalue weighted by Gasteiger charge is 2.12. The molecule has 1 aliphatic heterocycles. The van der Waals surface area contributed by atoms with Gasteiger partial charge in [-0.05, 0) is 25.0 Å². The number of rotatable bonds is 5. The van der Waals surface area contributed by atoms with Crippen molar-refractivity contribution in [3.8, 4) is 0 Å². The first-order valence-corrected chi connectivity index (χ1v) is 7.43. The summed E-state index contributed by atoms with van der Waals surface area (Å²) in [5.74, 6) is -0.0930. The van der Waals surface area contributed by atoms with Crippen LogP contribution < -0.4 is 5.32 Å². The fourth-order valence-corrected chi connectivity index (χ4v) is 2.38. The summed E-state index contributed by atoms with van der Waals surface area (Å²) >= 11 is 0. The number of nitrogens with zero attached hydrogens (tertiary/aromatic N) is 1. The Balaban J connectivity index is 2.01. The average Bonchev–Trinajstić information content (AvgIpc) is 2.42. The van der Waals surface area contributed by atoms with Gasteiger partial charge in [-0.1, -0.05) is 37.6 Å². The first-order valence-electron chi connectivity index (χ1n) is 7.43. The maximum Gasteiger partial charge on any atom is 0.127 e. The van der Waals surface area contributed by atoms with E-state index in [1.54, 1.807) is 6.07 Å². The van der Waals surface area contributed by atoms with E-state index >= 15 is 0 Å². The van der Waals surface area contributed by atoms with Crippen LogP contribution in [0, 0.1) is 5.82 Å². The molecule has 1 aliphatic rings. The third-order valence-electron chi connectivity index (χ3n) is 3.74. The van der Waals surface area contributed by atoms with Crippen molar-refractivity contribution < 1.29 is 4.39 Å². The van der Waals surface area contributed by atoms with Gasteiger partial charge in [-0.15, -0.1) is 0 Å². The molecule has 1 heterocycles. The van der Waals surface area contributed by atoms with E-state index in [2.05, 4.69) is 37.1 Å². The minimum absolute atomic E-state index is 0.0930. The van der Waals surface area contributed by atoms with Crippen LogP contribution in [0.2, 0.25) is 0 Å². The third kappa shape index (κ3) is 4.43. The van der Waals surface area contributed by atoms with Gasteiger partial charge in [-0.2, -0.15) is 0 Å². The molecule has 0 unspecified atom stereocenters. The van der Waals surface area contributed by atoms with Crippen LogP contribution in [0.3, 0.4) is 0 Å². The molecule has 0 aliphatic carbocycles. The monoisotopic (exact) mass is 276 g/mol. The van der Waals surface area contributed by atoms with Crippen molar-refractivity contribution in [1.29, 1.82) is 0 Å². The second-order valence-corrected chi connectivity index (χ2v) is 6.00. The van der Waals surface area contributed by atoms with Crippen LogP contribution in [0.4, 0.5) is 4.39 Å². The number of hydrogen-bond donors (Lipinski definition) is 1. The molecule has 3 heteroatoms. The van der Waals surface area contributed by atoms with Crippen LogP contribution in [-0.2, 0) is 13.1 Å². The van der Waals surface area contributed by atoms with Crippen LogP contribution >= 0.6 is 0 Å². The summed E-state index contributed by atoms with van der Waals surface area (Å²) in [7, 11) is 0. The molecule has 2 rings (SSSR count). The summed E-state index contributed by atoms with van der Waals surface area (Å²) < 4.78 is 13.9. The van der Waals surface area contributed by atoms with Crippen LogP contribution in [0.1, 0.15) is 38.3 Å². The molecule has 0 saturated heterocycles. The van der Waals surface area contributed by atoms with E-state index in [-0.39, 0.29) is 5.82 Å². The van der Waals surface area contributed by atoms with Crippen LogP contribution in [-0.4, -0.2) is 24.0 Å². The highest BCUT2D eigenvalue weighted by molar-refractivity contribution is 5.25. The normalized spacial score (nSPS) is 16.6. The molecule has 20 heavy (non-hydrogen) atoms. The summed E-state index contributed by atoms with van der Waals surface area (Å²) in [5.41, 5.74) is 3.40. The predicted octanol–water partition coefficient (Wildman–Crippen LogP) is 3.48. The second kappa shape index (κ2) is 7.00. The van der Waals surface area contributed by atoms with E-state index in [0.717, 1.165) is 37.2 Å². The van der Waals surface area contributed by atoms with Gasteiger partial charge in [-0.3, -0.25) is 4.90 Å². The van der Waals surface area contributed by atoms with E-state index < -0.39 is 0 Å². The Morgan fingerprint density at radius 3 is 2.80 bits per heavy atom. The van der Waals surface area contributed by atoms with Crippen molar-refractivity contribution in [2.24, 2.45) is 0 Å². The highest BCUT2D eigenvalue weighted by atomic mass is 19.1. The molecule has 0 amide bonds. The van der Waals surface area contributed by atoms with Gasteiger partial charge in [0, 0.05) is 37.8 Å². The topological polar surface area (TPSA) is 15.3 Å². The summed E-state index contributed by atoms with van der Waals surface area (Å²) in [6, 6.07) is 5.90. The number of halogens is 1. The molecule has 1 aromatic carbocycles. The Morgan fingerprint density at radius 1 is 1.35 bits per heavy atom. The van der Waals surface area contributed by atoms with Crippen molar-refractivity contribution in [1.82, 2.24) is 10.2 Å². The summed E-state index contributed by atoms with van der Waals surface area (Å²) in [4.78, 5) is 2.30. The Hall–Kier alpha value is -1.19. The van der Waals surface area contributed by atoms with Crippen LogP contribution in [0.15, 0.2) is 29.8 Å². The standard InChI is InChI=1S/C17H25FN2/c1-13(2)19-11-15-4-5-17(18)16(10-15)12-20-8-6-14(3)7-9-20/h4-6,10,13,19H,7-9,11-12H2,1-3H3. The highest BCUT2D eigenvalue weighted by Crippen LogP contribution is 2.17. The Kier molecular flexibility index (Phi) is 5.32. The molecule has 1 N–H and O–H groups in total. The van der Waals surface area contributed by atoms with Crippen molar-refractivity contribution >= 4 is 0 Å². The van der Waals surface area contributed by atoms with Crippen LogP contribution in [0.5, 0.6) is 0 Å². The Bertz CT molecular complexity index is 480. The molecule has 0 spiro atoms. The van der Waals surface area contributed by atoms with Gasteiger partial charge >= 0.3 is 0 Å². The third-order valence-corrected chi connectivity index (χ3v) is 3.74. The maximum absolute atomic E-state index is 13.9. The summed E-state index contributed by atoms with van der Waals surface area (Å²) in [5, 5.41) is 3.37. The number of benzene rings is 1. The zero-order chi connectivity index (χ0) is 14.5. The zero-order valence-electron chi connectivity index (χ0n) is 12.7. The van der Waals surface area contributed by atoms with E-state index in [4.69, 9.17) is 0 Å². The van der Waals surface area contributed by atoms with Gasteiger partial charge in [0.15, 0.2) is 0 Å². The molecule has 0 atom stereocenters. The van der Waals surface area contributed by atoms with Gasteiger partial charge in [0.05, 0.1) is 0 Å². The molecule has 110 valence electrons. The minimum Gasteiger partial charge on any atom is -0.310 e. The minimum atomic E-state index is -0.0930. The van der Waals surface area contributed by atoms with Gasteiger partial charge in [-0.25, -0.2) is 4.39 Å². The van der Waals surface area contributed by atoms with Gasteiger partial charge in [0.1, 0.15) is 5.82 Å². The molecular weight excluding hydrogens is 251 g/mol. The Morgan fingerprint density at radius 2 is 2.15 bits per heavy atom. The molecule has 0 radical (unpaired) electrons. The first-order chi connectivity index (χ1) is 9.54. The average molecular weight is 276 g/mol. The lowest BCUT2D eigenvalue weighted by molar-refractivity contribution is 0.281. The van der Waals surface area contributed by atoms with Gasteiger partial charge < -0.3 is 5.32 Å². The van der Waals surface area contributed by atoms with Gasteiger partial charge in [0.2, 0.25) is 0 Å². The van der Waals surface area contributed by atoms with Crippen molar-refractivity contribution in [3.63, 3.8) is 0 Å². The molecule has 0 aromatic heterocycles. The SMILES string of the molecule is CC1=CCN(Cc2cc(CNC(C)C)ccc2F)CC1. The largest absolute Gasteiger partial charge is 0.310 e. The quantitative estimate of drug-likeness (QED) is 0.828. The molecule has 0 saturated carbocycles. The maximum atomic E-state index is 13.9. The lowest BCUT2D eigenvalue weighted by Gasteiger charge is -2.25. The predicted molar refractivity (Wildman–Crippen MR) is 82.0 cm³/mol. The van der Waals surface area contributed by atoms with Crippen molar-refractivity contribution in [3.05, 3.63) is 46.8 Å². The molecule has 0 bridgehead atoms. The van der Waals surface area contributed by atoms with E-state index in [1.165, 1.54) is 5.57 Å². The number of nitrogens with one attached hydrogen (secondary N) is 1. The first kappa shape index (κ1) is 15.2. The summed E-state index contributed by atoms with van der Waals surface area (Å²) in [6.07, 6.45) is 3.34. The fourth-order valence-electron chi connectivity index (χ4n) is 2.38. The van der Waals surface area contributed by atoms with Crippen molar-refractivity contribution in [2.45, 2.75) is 46.3 Å². The van der Waals surface area contributed by atoms with Gasteiger partial charge in [0.25, 0.3) is 0 Å². The van der Waals surface area contributed by atoms with E-state index in [0.29, 0.717) is 12.6 Å². The van der Waals surface area contributed by atoms with E-state index in [9.17, 15) is 4.39 Å². The lowest BCUT2D eigenvalue weighted by atomic mass is 10.1. The second-order valence-electron chi connectivity index (χ2n) is 6.00. The fraction of sp³-hybridized carbons (Fsp3) is 0.529. The smallest absolute Gasteiger partial charge is 0.127 e. The van der Waals surface area contributed by atoms with Crippen LogP contribution in [0.25, 0.3) is 0 Å². The lowest BCUT2D eigenvalue weighted by Crippen LogP contribution is -2.28. The Labute approximate surface area is 121 Å². The summed E-state index contributed by atoms with van der Waals surface area (Å²) in [6.45, 7) is 9.85. The molecule has 1 aromatic rings.